The molecule has 0 radical (unpaired) electrons. The SMILES string of the molecule is O=C(O)C(NC1CCNC1)(C(=O)OCc1ccccc1)C(=O)OCc1ccccc1. The Morgan fingerprint density at radius 1 is 0.933 bits per heavy atom. The molecule has 1 unspecified atom stereocenters. The van der Waals surface area contributed by atoms with Crippen LogP contribution in [0.5, 0.6) is 0 Å². The third-order valence-electron chi connectivity index (χ3n) is 4.84. The first-order valence-corrected chi connectivity index (χ1v) is 9.66. The Hall–Kier alpha value is -3.23. The van der Waals surface area contributed by atoms with Gasteiger partial charge in [0.2, 0.25) is 0 Å². The zero-order valence-electron chi connectivity index (χ0n) is 16.4. The van der Waals surface area contributed by atoms with E-state index in [-0.39, 0.29) is 13.2 Å². The third kappa shape index (κ3) is 5.03. The summed E-state index contributed by atoms with van der Waals surface area (Å²) in [5.41, 5.74) is -1.31. The molecule has 3 N–H and O–H groups in total. The summed E-state index contributed by atoms with van der Waals surface area (Å²) in [6.45, 7) is 0.745. The van der Waals surface area contributed by atoms with Crippen LogP contribution in [-0.2, 0) is 37.1 Å². The summed E-state index contributed by atoms with van der Waals surface area (Å²) in [6, 6.07) is 17.2. The molecule has 1 aliphatic rings. The predicted molar refractivity (Wildman–Crippen MR) is 107 cm³/mol. The van der Waals surface area contributed by atoms with Crippen molar-refractivity contribution < 1.29 is 29.0 Å². The first-order chi connectivity index (χ1) is 14.5. The number of carbonyl (C=O) groups is 3. The van der Waals surface area contributed by atoms with E-state index in [2.05, 4.69) is 10.6 Å². The fraction of sp³-hybridized carbons (Fsp3) is 0.318. The average molecular weight is 412 g/mol. The van der Waals surface area contributed by atoms with Crippen molar-refractivity contribution in [3.8, 4) is 0 Å². The third-order valence-corrected chi connectivity index (χ3v) is 4.84. The van der Waals surface area contributed by atoms with Gasteiger partial charge in [-0.05, 0) is 24.1 Å². The normalized spacial score (nSPS) is 16.1. The molecule has 0 aromatic heterocycles. The molecule has 158 valence electrons. The minimum Gasteiger partial charge on any atom is -0.479 e. The molecule has 2 aromatic carbocycles. The summed E-state index contributed by atoms with van der Waals surface area (Å²) < 4.78 is 10.5. The number of hydrogen-bond acceptors (Lipinski definition) is 7. The van der Waals surface area contributed by atoms with Gasteiger partial charge in [0.05, 0.1) is 0 Å². The second kappa shape index (κ2) is 10.00. The molecule has 1 heterocycles. The van der Waals surface area contributed by atoms with Gasteiger partial charge in [-0.1, -0.05) is 60.7 Å². The molecule has 1 fully saturated rings. The van der Waals surface area contributed by atoms with E-state index in [1.807, 2.05) is 12.1 Å². The lowest BCUT2D eigenvalue weighted by molar-refractivity contribution is -0.177. The minimum absolute atomic E-state index is 0.161. The lowest BCUT2D eigenvalue weighted by Crippen LogP contribution is -2.67. The summed E-state index contributed by atoms with van der Waals surface area (Å²) in [6.07, 6.45) is 0.562. The first-order valence-electron chi connectivity index (χ1n) is 9.66. The molecule has 1 aliphatic heterocycles. The molecule has 8 nitrogen and oxygen atoms in total. The van der Waals surface area contributed by atoms with Crippen LogP contribution in [0.2, 0.25) is 0 Å². The standard InChI is InChI=1S/C22H24N2O6/c25-19(26)22(24-18-11-12-23-13-18,20(27)29-14-16-7-3-1-4-8-16)21(28)30-15-17-9-5-2-6-10-17/h1-10,18,23-24H,11-15H2,(H,25,26). The second-order valence-electron chi connectivity index (χ2n) is 7.01. The van der Waals surface area contributed by atoms with Gasteiger partial charge in [0, 0.05) is 12.6 Å². The number of carbonyl (C=O) groups excluding carboxylic acids is 2. The van der Waals surface area contributed by atoms with Gasteiger partial charge in [-0.15, -0.1) is 0 Å². The zero-order chi connectivity index (χ0) is 21.4. The molecule has 3 rings (SSSR count). The van der Waals surface area contributed by atoms with Gasteiger partial charge < -0.3 is 19.9 Å². The van der Waals surface area contributed by atoms with Crippen LogP contribution < -0.4 is 10.6 Å². The molecule has 0 amide bonds. The van der Waals surface area contributed by atoms with Crippen molar-refractivity contribution in [2.24, 2.45) is 0 Å². The number of ether oxygens (including phenoxy) is 2. The van der Waals surface area contributed by atoms with Crippen LogP contribution in [0.4, 0.5) is 0 Å². The Morgan fingerprint density at radius 2 is 1.43 bits per heavy atom. The maximum Gasteiger partial charge on any atom is 0.350 e. The molecule has 30 heavy (non-hydrogen) atoms. The van der Waals surface area contributed by atoms with Crippen molar-refractivity contribution >= 4 is 17.9 Å². The Kier molecular flexibility index (Phi) is 7.16. The molecule has 2 aromatic rings. The number of aliphatic carboxylic acids is 1. The number of hydrogen-bond donors (Lipinski definition) is 3. The van der Waals surface area contributed by atoms with Crippen LogP contribution in [0.15, 0.2) is 60.7 Å². The van der Waals surface area contributed by atoms with Gasteiger partial charge in [0.25, 0.3) is 0 Å². The van der Waals surface area contributed by atoms with E-state index in [9.17, 15) is 19.5 Å². The quantitative estimate of drug-likeness (QED) is 0.417. The summed E-state index contributed by atoms with van der Waals surface area (Å²) in [5.74, 6) is -4.07. The molecular weight excluding hydrogens is 388 g/mol. The lowest BCUT2D eigenvalue weighted by atomic mass is 9.97. The van der Waals surface area contributed by atoms with E-state index >= 15 is 0 Å². The van der Waals surface area contributed by atoms with E-state index in [0.29, 0.717) is 30.6 Å². The molecule has 0 bridgehead atoms. The van der Waals surface area contributed by atoms with Crippen LogP contribution in [0, 0.1) is 0 Å². The second-order valence-corrected chi connectivity index (χ2v) is 7.01. The van der Waals surface area contributed by atoms with Crippen molar-refractivity contribution in [2.75, 3.05) is 13.1 Å². The van der Waals surface area contributed by atoms with Gasteiger partial charge in [0.15, 0.2) is 0 Å². The molecule has 1 saturated heterocycles. The largest absolute Gasteiger partial charge is 0.479 e. The summed E-state index contributed by atoms with van der Waals surface area (Å²) in [7, 11) is 0. The highest BCUT2D eigenvalue weighted by Gasteiger charge is 2.58. The van der Waals surface area contributed by atoms with Gasteiger partial charge in [-0.2, -0.15) is 0 Å². The molecule has 1 atom stereocenters. The number of nitrogens with one attached hydrogen (secondary N) is 2. The van der Waals surface area contributed by atoms with Crippen LogP contribution in [0.25, 0.3) is 0 Å². The number of benzene rings is 2. The number of esters is 2. The highest BCUT2D eigenvalue weighted by Crippen LogP contribution is 2.18. The van der Waals surface area contributed by atoms with Crippen molar-refractivity contribution in [3.05, 3.63) is 71.8 Å². The minimum atomic E-state index is -2.65. The molecule has 8 heteroatoms. The fourth-order valence-corrected chi connectivity index (χ4v) is 3.18. The zero-order valence-corrected chi connectivity index (χ0v) is 16.4. The van der Waals surface area contributed by atoms with Gasteiger partial charge >= 0.3 is 23.4 Å². The van der Waals surface area contributed by atoms with Gasteiger partial charge in [-0.25, -0.2) is 14.4 Å². The Labute approximate surface area is 174 Å². The van der Waals surface area contributed by atoms with Crippen molar-refractivity contribution in [1.29, 1.82) is 0 Å². The number of carboxylic acid groups (broad SMARTS) is 1. The van der Waals surface area contributed by atoms with Crippen LogP contribution >= 0.6 is 0 Å². The van der Waals surface area contributed by atoms with Crippen LogP contribution in [0.3, 0.4) is 0 Å². The van der Waals surface area contributed by atoms with Crippen molar-refractivity contribution in [2.45, 2.75) is 31.2 Å². The Balaban J connectivity index is 1.80. The summed E-state index contributed by atoms with van der Waals surface area (Å²) in [5, 5.41) is 15.7. The summed E-state index contributed by atoms with van der Waals surface area (Å²) in [4.78, 5) is 38.1. The molecule has 0 saturated carbocycles. The smallest absolute Gasteiger partial charge is 0.350 e. The Bertz CT molecular complexity index is 810. The highest BCUT2D eigenvalue weighted by atomic mass is 16.6. The highest BCUT2D eigenvalue weighted by molar-refractivity contribution is 6.22. The fourth-order valence-electron chi connectivity index (χ4n) is 3.18. The monoisotopic (exact) mass is 412 g/mol. The van der Waals surface area contributed by atoms with Crippen LogP contribution in [-0.4, -0.2) is 47.7 Å². The van der Waals surface area contributed by atoms with E-state index in [0.717, 1.165) is 0 Å². The topological polar surface area (TPSA) is 114 Å². The number of rotatable bonds is 9. The number of carboxylic acids is 1. The molecular formula is C22H24N2O6. The van der Waals surface area contributed by atoms with E-state index in [4.69, 9.17) is 9.47 Å². The average Bonchev–Trinajstić information content (AvgIpc) is 3.28. The molecule has 0 aliphatic carbocycles. The first kappa shape index (κ1) is 21.5. The predicted octanol–water partition coefficient (Wildman–Crippen LogP) is 1.25. The summed E-state index contributed by atoms with van der Waals surface area (Å²) >= 11 is 0. The lowest BCUT2D eigenvalue weighted by Gasteiger charge is -2.29. The van der Waals surface area contributed by atoms with Crippen molar-refractivity contribution in [1.82, 2.24) is 10.6 Å². The Morgan fingerprint density at radius 3 is 1.83 bits per heavy atom. The van der Waals surface area contributed by atoms with E-state index in [1.165, 1.54) is 0 Å². The maximum atomic E-state index is 12.9. The van der Waals surface area contributed by atoms with E-state index < -0.39 is 29.5 Å². The van der Waals surface area contributed by atoms with Gasteiger partial charge in [0.1, 0.15) is 13.2 Å². The maximum absolute atomic E-state index is 12.9. The van der Waals surface area contributed by atoms with Crippen LogP contribution in [0.1, 0.15) is 17.5 Å². The van der Waals surface area contributed by atoms with Gasteiger partial charge in [-0.3, -0.25) is 5.32 Å². The van der Waals surface area contributed by atoms with Crippen molar-refractivity contribution in [3.63, 3.8) is 0 Å². The molecule has 0 spiro atoms. The van der Waals surface area contributed by atoms with E-state index in [1.54, 1.807) is 48.5 Å².